The first-order valence-electron chi connectivity index (χ1n) is 7.75. The third-order valence-corrected chi connectivity index (χ3v) is 3.87. The van der Waals surface area contributed by atoms with E-state index in [1.165, 1.54) is 6.07 Å². The molecule has 0 unspecified atom stereocenters. The summed E-state index contributed by atoms with van der Waals surface area (Å²) in [6.45, 7) is 0. The van der Waals surface area contributed by atoms with Gasteiger partial charge in [0, 0.05) is 5.56 Å². The van der Waals surface area contributed by atoms with Crippen molar-refractivity contribution in [3.05, 3.63) is 47.3 Å². The average Bonchev–Trinajstić information content (AvgIpc) is 3.08. The summed E-state index contributed by atoms with van der Waals surface area (Å²) in [5, 5.41) is 11.2. The Morgan fingerprint density at radius 1 is 1.08 bits per heavy atom. The molecule has 0 fully saturated rings. The quantitative estimate of drug-likeness (QED) is 0.729. The zero-order valence-corrected chi connectivity index (χ0v) is 14.5. The maximum Gasteiger partial charge on any atom is 0.203 e. The lowest BCUT2D eigenvalue weighted by molar-refractivity contribution is -0.254. The van der Waals surface area contributed by atoms with Crippen LogP contribution >= 0.6 is 0 Å². The highest BCUT2D eigenvalue weighted by Crippen LogP contribution is 2.38. The molecule has 0 radical (unpaired) electrons. The first-order chi connectivity index (χ1) is 12.6. The fraction of sp³-hybridized carbons (Fsp3) is 0.158. The van der Waals surface area contributed by atoms with Crippen molar-refractivity contribution in [2.24, 2.45) is 0 Å². The maximum atomic E-state index is 11.2. The first kappa shape index (κ1) is 17.3. The number of aromatic carboxylic acids is 1. The summed E-state index contributed by atoms with van der Waals surface area (Å²) >= 11 is 0. The van der Waals surface area contributed by atoms with Crippen LogP contribution in [0.15, 0.2) is 30.3 Å². The number of aromatic nitrogens is 2. The number of carboxylic acids is 1. The third kappa shape index (κ3) is 3.19. The molecule has 0 bridgehead atoms. The van der Waals surface area contributed by atoms with Crippen LogP contribution in [0.2, 0.25) is 0 Å². The van der Waals surface area contributed by atoms with E-state index >= 15 is 0 Å². The van der Waals surface area contributed by atoms with E-state index in [-0.39, 0.29) is 5.56 Å². The molecule has 7 heteroatoms. The van der Waals surface area contributed by atoms with E-state index in [4.69, 9.17) is 14.2 Å². The second kappa shape index (κ2) is 7.18. The number of para-hydroxylation sites is 1. The first-order valence-corrected chi connectivity index (χ1v) is 7.75. The minimum atomic E-state index is -1.26. The van der Waals surface area contributed by atoms with Crippen LogP contribution in [0.4, 0.5) is 0 Å². The van der Waals surface area contributed by atoms with Crippen molar-refractivity contribution < 1.29 is 24.1 Å². The number of H-pyrrole nitrogens is 1. The number of nitrogens with one attached hydrogen (secondary N) is 1. The van der Waals surface area contributed by atoms with Gasteiger partial charge >= 0.3 is 0 Å². The maximum absolute atomic E-state index is 11.2. The van der Waals surface area contributed by atoms with Gasteiger partial charge in [-0.05, 0) is 29.8 Å². The molecular weight excluding hydrogens is 336 g/mol. The van der Waals surface area contributed by atoms with E-state index < -0.39 is 5.97 Å². The number of benzene rings is 2. The zero-order valence-electron chi connectivity index (χ0n) is 14.5. The Morgan fingerprint density at radius 2 is 1.77 bits per heavy atom. The number of hydrogen-bond donors (Lipinski definition) is 1. The summed E-state index contributed by atoms with van der Waals surface area (Å²) in [7, 11) is 4.64. The number of carboxylic acid groups (broad SMARTS) is 1. The molecule has 1 heterocycles. The summed E-state index contributed by atoms with van der Waals surface area (Å²) in [5.74, 6) is 0.838. The van der Waals surface area contributed by atoms with Gasteiger partial charge < -0.3 is 29.1 Å². The number of nitrogens with zero attached hydrogens (tertiary/aromatic N) is 1. The van der Waals surface area contributed by atoms with Gasteiger partial charge in [0.25, 0.3) is 0 Å². The minimum absolute atomic E-state index is 0.0474. The number of ether oxygens (including phenoxy) is 3. The molecule has 0 atom stereocenters. The van der Waals surface area contributed by atoms with Crippen molar-refractivity contribution in [1.29, 1.82) is 0 Å². The summed E-state index contributed by atoms with van der Waals surface area (Å²) in [6, 6.07) is 8.45. The summed E-state index contributed by atoms with van der Waals surface area (Å²) in [5.41, 5.74) is 1.83. The SMILES string of the molecule is COc1cc(/C=C/c2nc3c(C(=O)[O-])cccc3[nH]2)cc(OC)c1OC. The highest BCUT2D eigenvalue weighted by Gasteiger charge is 2.12. The molecule has 134 valence electrons. The van der Waals surface area contributed by atoms with E-state index in [0.717, 1.165) is 5.56 Å². The second-order valence-electron chi connectivity index (χ2n) is 5.40. The highest BCUT2D eigenvalue weighted by molar-refractivity contribution is 6.00. The standard InChI is InChI=1S/C19H18N2O5/c1-24-14-9-11(10-15(25-2)18(14)26-3)7-8-16-20-13-6-4-5-12(19(22)23)17(13)21-16/h4-10H,1-3H3,(H,20,21)(H,22,23)/p-1/b8-7+. The van der Waals surface area contributed by atoms with E-state index in [9.17, 15) is 9.90 Å². The van der Waals surface area contributed by atoms with Crippen molar-refractivity contribution in [2.75, 3.05) is 21.3 Å². The second-order valence-corrected chi connectivity index (χ2v) is 5.40. The number of rotatable bonds is 6. The Bertz CT molecular complexity index is 966. The molecule has 0 saturated carbocycles. The van der Waals surface area contributed by atoms with Crippen molar-refractivity contribution >= 4 is 29.2 Å². The Balaban J connectivity index is 1.99. The van der Waals surface area contributed by atoms with Crippen LogP contribution in [0, 0.1) is 0 Å². The molecule has 2 aromatic carbocycles. The van der Waals surface area contributed by atoms with Gasteiger partial charge in [-0.3, -0.25) is 0 Å². The van der Waals surface area contributed by atoms with Gasteiger partial charge in [0.05, 0.1) is 38.3 Å². The lowest BCUT2D eigenvalue weighted by Crippen LogP contribution is -2.22. The predicted molar refractivity (Wildman–Crippen MR) is 95.5 cm³/mol. The topological polar surface area (TPSA) is 96.5 Å². The third-order valence-electron chi connectivity index (χ3n) is 3.87. The fourth-order valence-electron chi connectivity index (χ4n) is 2.67. The number of carbonyl (C=O) groups is 1. The fourth-order valence-corrected chi connectivity index (χ4v) is 2.67. The van der Waals surface area contributed by atoms with Crippen molar-refractivity contribution in [2.45, 2.75) is 0 Å². The largest absolute Gasteiger partial charge is 0.545 e. The number of hydrogen-bond acceptors (Lipinski definition) is 6. The lowest BCUT2D eigenvalue weighted by Gasteiger charge is -2.12. The van der Waals surface area contributed by atoms with Gasteiger partial charge in [-0.25, -0.2) is 4.98 Å². The van der Waals surface area contributed by atoms with Crippen LogP contribution in [0.3, 0.4) is 0 Å². The number of fused-ring (bicyclic) bond motifs is 1. The molecule has 0 aliphatic carbocycles. The molecule has 3 aromatic rings. The molecule has 1 aromatic heterocycles. The average molecular weight is 353 g/mol. The van der Waals surface area contributed by atoms with Crippen LogP contribution in [0.5, 0.6) is 17.2 Å². The number of aromatic amines is 1. The molecule has 26 heavy (non-hydrogen) atoms. The van der Waals surface area contributed by atoms with Crippen molar-refractivity contribution in [1.82, 2.24) is 9.97 Å². The molecule has 1 N–H and O–H groups in total. The van der Waals surface area contributed by atoms with E-state index in [0.29, 0.717) is 34.1 Å². The van der Waals surface area contributed by atoms with Crippen molar-refractivity contribution in [3.63, 3.8) is 0 Å². The minimum Gasteiger partial charge on any atom is -0.545 e. The summed E-state index contributed by atoms with van der Waals surface area (Å²) in [6.07, 6.45) is 3.54. The zero-order chi connectivity index (χ0) is 18.7. The van der Waals surface area contributed by atoms with Gasteiger partial charge in [0.1, 0.15) is 5.82 Å². The normalized spacial score (nSPS) is 11.0. The highest BCUT2D eigenvalue weighted by atomic mass is 16.5. The lowest BCUT2D eigenvalue weighted by atomic mass is 10.1. The number of imidazole rings is 1. The molecule has 0 aliphatic heterocycles. The van der Waals surface area contributed by atoms with Gasteiger partial charge in [0.15, 0.2) is 11.5 Å². The van der Waals surface area contributed by atoms with E-state index in [2.05, 4.69) is 9.97 Å². The molecule has 0 aliphatic rings. The number of carbonyl (C=O) groups excluding carboxylic acids is 1. The summed E-state index contributed by atoms with van der Waals surface area (Å²) in [4.78, 5) is 18.6. The smallest absolute Gasteiger partial charge is 0.203 e. The Hall–Kier alpha value is -3.48. The molecule has 0 spiro atoms. The van der Waals surface area contributed by atoms with Crippen LogP contribution in [-0.4, -0.2) is 37.3 Å². The van der Waals surface area contributed by atoms with Crippen LogP contribution in [0.1, 0.15) is 21.7 Å². The van der Waals surface area contributed by atoms with Crippen molar-refractivity contribution in [3.8, 4) is 17.2 Å². The van der Waals surface area contributed by atoms with Crippen LogP contribution in [-0.2, 0) is 0 Å². The van der Waals surface area contributed by atoms with Gasteiger partial charge in [-0.2, -0.15) is 0 Å². The van der Waals surface area contributed by atoms with Crippen LogP contribution < -0.4 is 19.3 Å². The van der Waals surface area contributed by atoms with E-state index in [1.807, 2.05) is 0 Å². The Morgan fingerprint density at radius 3 is 2.35 bits per heavy atom. The predicted octanol–water partition coefficient (Wildman–Crippen LogP) is 2.12. The van der Waals surface area contributed by atoms with Gasteiger partial charge in [-0.15, -0.1) is 0 Å². The molecule has 7 nitrogen and oxygen atoms in total. The van der Waals surface area contributed by atoms with Gasteiger partial charge in [-0.1, -0.05) is 18.2 Å². The molecule has 0 amide bonds. The Kier molecular flexibility index (Phi) is 4.79. The monoisotopic (exact) mass is 353 g/mol. The summed E-state index contributed by atoms with van der Waals surface area (Å²) < 4.78 is 16.0. The Labute approximate surface area is 149 Å². The van der Waals surface area contributed by atoms with E-state index in [1.54, 1.807) is 57.7 Å². The molecule has 0 saturated heterocycles. The van der Waals surface area contributed by atoms with Crippen LogP contribution in [0.25, 0.3) is 23.2 Å². The number of methoxy groups -OCH3 is 3. The molecular formula is C19H17N2O5-. The van der Waals surface area contributed by atoms with Gasteiger partial charge in [0.2, 0.25) is 5.75 Å². The molecule has 3 rings (SSSR count).